The predicted octanol–water partition coefficient (Wildman–Crippen LogP) is 4.01. The first-order valence-electron chi connectivity index (χ1n) is 10.2. The van der Waals surface area contributed by atoms with Gasteiger partial charge in [0.15, 0.2) is 22.9 Å². The summed E-state index contributed by atoms with van der Waals surface area (Å²) < 4.78 is 11.1. The van der Waals surface area contributed by atoms with Crippen molar-refractivity contribution in [2.45, 2.75) is 12.6 Å². The number of ether oxygens (including phenoxy) is 1. The zero-order valence-electron chi connectivity index (χ0n) is 17.6. The maximum Gasteiger partial charge on any atom is 0.290 e. The molecule has 0 saturated carbocycles. The van der Waals surface area contributed by atoms with E-state index in [2.05, 4.69) is 9.97 Å². The van der Waals surface area contributed by atoms with Crippen LogP contribution in [0.3, 0.4) is 0 Å². The molecule has 0 fully saturated rings. The quantitative estimate of drug-likeness (QED) is 0.451. The van der Waals surface area contributed by atoms with Crippen LogP contribution in [0.15, 0.2) is 88.9 Å². The van der Waals surface area contributed by atoms with Crippen LogP contribution in [0.1, 0.15) is 27.9 Å². The number of carbonyl (C=O) groups excluding carboxylic acids is 2. The first-order valence-corrected chi connectivity index (χ1v) is 10.2. The molecule has 8 heteroatoms. The van der Waals surface area contributed by atoms with E-state index < -0.39 is 23.5 Å². The number of hydrogen-bond donors (Lipinski definition) is 1. The van der Waals surface area contributed by atoms with Crippen LogP contribution in [0.4, 0.5) is 0 Å². The molecular weight excluding hydrogens is 422 g/mol. The second-order valence-electron chi connectivity index (χ2n) is 7.53. The summed E-state index contributed by atoms with van der Waals surface area (Å²) >= 11 is 0. The molecule has 0 spiro atoms. The van der Waals surface area contributed by atoms with E-state index in [0.29, 0.717) is 22.4 Å². The number of ketones is 1. The average Bonchev–Trinajstić information content (AvgIpc) is 3.40. The van der Waals surface area contributed by atoms with Crippen LogP contribution in [0.25, 0.3) is 11.0 Å². The van der Waals surface area contributed by atoms with Crippen molar-refractivity contribution in [3.05, 3.63) is 102 Å². The Morgan fingerprint density at radius 2 is 2.03 bits per heavy atom. The fraction of sp³-hybridized carbons (Fsp3) is 0.120. The van der Waals surface area contributed by atoms with Crippen molar-refractivity contribution in [1.82, 2.24) is 14.9 Å². The van der Waals surface area contributed by atoms with Crippen molar-refractivity contribution in [1.29, 1.82) is 0 Å². The number of hydrogen-bond acceptors (Lipinski definition) is 7. The number of para-hydroxylation sites is 1. The summed E-state index contributed by atoms with van der Waals surface area (Å²) in [7, 11) is 1.51. The number of methoxy groups -OCH3 is 1. The number of nitrogens with zero attached hydrogens (tertiary/aromatic N) is 3. The third-order valence-electron chi connectivity index (χ3n) is 5.54. The second-order valence-corrected chi connectivity index (χ2v) is 7.53. The summed E-state index contributed by atoms with van der Waals surface area (Å²) in [4.78, 5) is 36.5. The maximum absolute atomic E-state index is 13.6. The zero-order valence-corrected chi connectivity index (χ0v) is 17.6. The van der Waals surface area contributed by atoms with E-state index in [0.717, 1.165) is 5.56 Å². The molecule has 0 bridgehead atoms. The van der Waals surface area contributed by atoms with Crippen LogP contribution in [0.5, 0.6) is 5.75 Å². The molecule has 8 nitrogen and oxygen atoms in total. The van der Waals surface area contributed by atoms with Gasteiger partial charge >= 0.3 is 0 Å². The topological polar surface area (TPSA) is 106 Å². The maximum atomic E-state index is 13.6. The Morgan fingerprint density at radius 3 is 2.76 bits per heavy atom. The van der Waals surface area contributed by atoms with Crippen molar-refractivity contribution < 1.29 is 23.8 Å². The largest absolute Gasteiger partial charge is 0.503 e. The average molecular weight is 441 g/mol. The third-order valence-corrected chi connectivity index (χ3v) is 5.54. The van der Waals surface area contributed by atoms with E-state index in [9.17, 15) is 14.7 Å². The molecule has 1 unspecified atom stereocenters. The van der Waals surface area contributed by atoms with Gasteiger partial charge in [0.2, 0.25) is 5.78 Å². The van der Waals surface area contributed by atoms with Crippen LogP contribution in [-0.2, 0) is 11.3 Å². The van der Waals surface area contributed by atoms with Gasteiger partial charge in [0.05, 0.1) is 18.4 Å². The van der Waals surface area contributed by atoms with Crippen molar-refractivity contribution >= 4 is 22.7 Å². The normalized spacial score (nSPS) is 16.0. The Morgan fingerprint density at radius 1 is 1.15 bits per heavy atom. The molecule has 5 rings (SSSR count). The van der Waals surface area contributed by atoms with Gasteiger partial charge in [-0.1, -0.05) is 24.3 Å². The molecule has 164 valence electrons. The number of rotatable bonds is 6. The minimum Gasteiger partial charge on any atom is -0.503 e. The van der Waals surface area contributed by atoms with Gasteiger partial charge in [-0.25, -0.2) is 0 Å². The fourth-order valence-corrected chi connectivity index (χ4v) is 4.02. The van der Waals surface area contributed by atoms with E-state index in [1.165, 1.54) is 12.0 Å². The molecule has 1 aliphatic heterocycles. The highest BCUT2D eigenvalue weighted by Gasteiger charge is 2.45. The van der Waals surface area contributed by atoms with Crippen molar-refractivity contribution in [2.75, 3.05) is 7.11 Å². The number of fused-ring (bicyclic) bond motifs is 1. The van der Waals surface area contributed by atoms with Gasteiger partial charge in [0.25, 0.3) is 5.91 Å². The molecule has 1 amide bonds. The van der Waals surface area contributed by atoms with Gasteiger partial charge < -0.3 is 19.2 Å². The summed E-state index contributed by atoms with van der Waals surface area (Å²) in [6.45, 7) is 0.142. The molecule has 1 atom stereocenters. The lowest BCUT2D eigenvalue weighted by Crippen LogP contribution is -2.31. The van der Waals surface area contributed by atoms with E-state index >= 15 is 0 Å². The molecule has 0 aliphatic carbocycles. The number of aliphatic hydroxyl groups is 1. The number of amides is 1. The molecule has 4 heterocycles. The highest BCUT2D eigenvalue weighted by molar-refractivity contribution is 6.16. The number of Topliss-reactive ketones (excluding diaryl/α,β-unsaturated/α-hetero) is 1. The lowest BCUT2D eigenvalue weighted by atomic mass is 9.98. The SMILES string of the molecule is COc1cccc2cc(C(=O)C3=C(O)C(=O)N(Cc4cccnc4)C3c3ccccn3)oc12. The van der Waals surface area contributed by atoms with E-state index in [-0.39, 0.29) is 17.9 Å². The summed E-state index contributed by atoms with van der Waals surface area (Å²) in [5, 5.41) is 11.5. The summed E-state index contributed by atoms with van der Waals surface area (Å²) in [5.74, 6) is -1.40. The lowest BCUT2D eigenvalue weighted by Gasteiger charge is -2.25. The Hall–Kier alpha value is -4.46. The van der Waals surface area contributed by atoms with Crippen molar-refractivity contribution in [3.8, 4) is 5.75 Å². The van der Waals surface area contributed by atoms with Crippen LogP contribution in [0.2, 0.25) is 0 Å². The summed E-state index contributed by atoms with van der Waals surface area (Å²) in [6, 6.07) is 14.8. The number of furan rings is 1. The number of aromatic nitrogens is 2. The van der Waals surface area contributed by atoms with Gasteiger partial charge in [-0.05, 0) is 35.9 Å². The molecule has 33 heavy (non-hydrogen) atoms. The smallest absolute Gasteiger partial charge is 0.290 e. The number of benzene rings is 1. The molecule has 0 saturated heterocycles. The minimum atomic E-state index is -0.887. The standard InChI is InChI=1S/C25H19N3O5/c1-32-18-9-4-7-16-12-19(33-24(16)18)22(29)20-21(17-8-2-3-11-27-17)28(25(31)23(20)30)14-15-6-5-10-26-13-15/h2-13,21,30H,14H2,1H3. The molecule has 4 aromatic rings. The summed E-state index contributed by atoms with van der Waals surface area (Å²) in [6.07, 6.45) is 4.84. The van der Waals surface area contributed by atoms with Crippen LogP contribution in [0, 0.1) is 0 Å². The third kappa shape index (κ3) is 3.51. The van der Waals surface area contributed by atoms with Crippen molar-refractivity contribution in [3.63, 3.8) is 0 Å². The highest BCUT2D eigenvalue weighted by Crippen LogP contribution is 2.40. The lowest BCUT2D eigenvalue weighted by molar-refractivity contribution is -0.130. The van der Waals surface area contributed by atoms with Crippen LogP contribution >= 0.6 is 0 Å². The number of pyridine rings is 2. The van der Waals surface area contributed by atoms with Gasteiger partial charge in [-0.2, -0.15) is 0 Å². The molecule has 3 aromatic heterocycles. The van der Waals surface area contributed by atoms with Crippen molar-refractivity contribution in [2.24, 2.45) is 0 Å². The van der Waals surface area contributed by atoms with Crippen LogP contribution in [-0.4, -0.2) is 38.8 Å². The Kier molecular flexibility index (Phi) is 5.10. The zero-order chi connectivity index (χ0) is 22.9. The number of carbonyl (C=O) groups is 2. The van der Waals surface area contributed by atoms with Gasteiger partial charge in [-0.3, -0.25) is 19.6 Å². The minimum absolute atomic E-state index is 0.00647. The second kappa shape index (κ2) is 8.23. The summed E-state index contributed by atoms with van der Waals surface area (Å²) in [5.41, 5.74) is 1.53. The number of aliphatic hydroxyl groups excluding tert-OH is 1. The molecule has 0 radical (unpaired) electrons. The van der Waals surface area contributed by atoms with Crippen LogP contribution < -0.4 is 4.74 Å². The first-order chi connectivity index (χ1) is 16.1. The van der Waals surface area contributed by atoms with Gasteiger partial charge in [0, 0.05) is 30.5 Å². The molecule has 1 aromatic carbocycles. The monoisotopic (exact) mass is 441 g/mol. The molecule has 1 N–H and O–H groups in total. The predicted molar refractivity (Wildman–Crippen MR) is 119 cm³/mol. The fourth-order valence-electron chi connectivity index (χ4n) is 4.02. The first kappa shape index (κ1) is 20.4. The van der Waals surface area contributed by atoms with Gasteiger partial charge in [0.1, 0.15) is 6.04 Å². The van der Waals surface area contributed by atoms with E-state index in [4.69, 9.17) is 9.15 Å². The van der Waals surface area contributed by atoms with E-state index in [1.54, 1.807) is 67.1 Å². The highest BCUT2D eigenvalue weighted by atomic mass is 16.5. The molecular formula is C25H19N3O5. The van der Waals surface area contributed by atoms with E-state index in [1.807, 2.05) is 6.07 Å². The Bertz CT molecular complexity index is 1380. The van der Waals surface area contributed by atoms with Gasteiger partial charge in [-0.15, -0.1) is 0 Å². The molecule has 1 aliphatic rings. The Balaban J connectivity index is 1.60. The Labute approximate surface area is 188 Å².